The first kappa shape index (κ1) is 8.03. The maximum absolute atomic E-state index is 11.1. The number of aryl methyl sites for hydroxylation is 2. The van der Waals surface area contributed by atoms with Gasteiger partial charge >= 0.3 is 80.4 Å². The summed E-state index contributed by atoms with van der Waals surface area (Å²) < 4.78 is 3.32. The van der Waals surface area contributed by atoms with E-state index in [4.69, 9.17) is 0 Å². The van der Waals surface area contributed by atoms with Crippen LogP contribution >= 0.6 is 11.3 Å². The number of rotatable bonds is 0. The van der Waals surface area contributed by atoms with Gasteiger partial charge in [-0.1, -0.05) is 0 Å². The van der Waals surface area contributed by atoms with E-state index in [2.05, 4.69) is 13.8 Å². The summed E-state index contributed by atoms with van der Waals surface area (Å²) >= 11 is 2.19. The molecule has 0 aromatic carbocycles. The molecule has 0 radical (unpaired) electrons. The molecule has 2 rings (SSSR count). The Balaban J connectivity index is 3.03. The molecule has 0 atom stereocenters. The van der Waals surface area contributed by atoms with Crippen molar-refractivity contribution in [3.05, 3.63) is 17.7 Å². The SMILES string of the molecule is Cc1sc(C)c2[se]c(=O)[se]c12. The van der Waals surface area contributed by atoms with Gasteiger partial charge in [-0.2, -0.15) is 0 Å². The summed E-state index contributed by atoms with van der Waals surface area (Å²) in [6.45, 7) is 4.26. The van der Waals surface area contributed by atoms with Gasteiger partial charge < -0.3 is 0 Å². The molecule has 0 fully saturated rings. The molecule has 0 unspecified atom stereocenters. The van der Waals surface area contributed by atoms with Crippen molar-refractivity contribution < 1.29 is 0 Å². The monoisotopic (exact) mass is 298 g/mol. The minimum absolute atomic E-state index is 0.171. The van der Waals surface area contributed by atoms with Crippen LogP contribution in [0.15, 0.2) is 4.79 Å². The molecule has 1 nitrogen and oxygen atoms in total. The molecule has 0 aliphatic rings. The molecule has 58 valence electrons. The summed E-state index contributed by atoms with van der Waals surface area (Å²) in [6.07, 6.45) is 0. The second kappa shape index (κ2) is 2.72. The van der Waals surface area contributed by atoms with Gasteiger partial charge in [0.25, 0.3) is 0 Å². The molecule has 0 aliphatic heterocycles. The molecule has 0 spiro atoms. The Labute approximate surface area is 80.2 Å². The van der Waals surface area contributed by atoms with E-state index in [1.807, 2.05) is 11.3 Å². The van der Waals surface area contributed by atoms with Crippen molar-refractivity contribution in [3.8, 4) is 0 Å². The number of hydrogen-bond acceptors (Lipinski definition) is 2. The standard InChI is InChI=1S/C7H6OSSe2/c1-3-5-6(4(2)9-3)11-7(8)10-5/h1-2H3. The van der Waals surface area contributed by atoms with Gasteiger partial charge in [0, 0.05) is 0 Å². The van der Waals surface area contributed by atoms with Crippen molar-refractivity contribution in [2.24, 2.45) is 0 Å². The van der Waals surface area contributed by atoms with Gasteiger partial charge in [-0.3, -0.25) is 0 Å². The van der Waals surface area contributed by atoms with Crippen LogP contribution in [0, 0.1) is 13.8 Å². The average Bonchev–Trinajstić information content (AvgIpc) is 2.38. The summed E-state index contributed by atoms with van der Waals surface area (Å²) in [7, 11) is 0. The third-order valence-corrected chi connectivity index (χ3v) is 9.30. The van der Waals surface area contributed by atoms with Crippen molar-refractivity contribution in [1.29, 1.82) is 0 Å². The number of hydrogen-bond donors (Lipinski definition) is 0. The molecule has 0 N–H and O–H groups in total. The van der Waals surface area contributed by atoms with Crippen LogP contribution in [0.2, 0.25) is 0 Å². The molecule has 0 aliphatic carbocycles. The first-order valence-corrected chi connectivity index (χ1v) is 7.42. The topological polar surface area (TPSA) is 17.1 Å². The third-order valence-electron chi connectivity index (χ3n) is 1.52. The molecule has 2 heterocycles. The summed E-state index contributed by atoms with van der Waals surface area (Å²) in [4.78, 5) is 13.9. The van der Waals surface area contributed by atoms with E-state index in [0.29, 0.717) is 3.18 Å². The quantitative estimate of drug-likeness (QED) is 0.663. The molecular weight excluding hydrogens is 290 g/mol. The van der Waals surface area contributed by atoms with Gasteiger partial charge in [0.15, 0.2) is 0 Å². The van der Waals surface area contributed by atoms with Crippen LogP contribution in [0.4, 0.5) is 0 Å². The van der Waals surface area contributed by atoms with Crippen LogP contribution in [0.3, 0.4) is 0 Å². The van der Waals surface area contributed by atoms with Crippen molar-refractivity contribution >= 4 is 48.9 Å². The Morgan fingerprint density at radius 1 is 1.09 bits per heavy atom. The van der Waals surface area contributed by atoms with E-state index < -0.39 is 0 Å². The average molecular weight is 296 g/mol. The summed E-state index contributed by atoms with van der Waals surface area (Å²) in [5.74, 6) is 0. The number of thiophene rings is 1. The fraction of sp³-hybridized carbons (Fsp3) is 0.286. The second-order valence-electron chi connectivity index (χ2n) is 2.33. The van der Waals surface area contributed by atoms with Gasteiger partial charge in [0.2, 0.25) is 0 Å². The third kappa shape index (κ3) is 1.24. The molecule has 0 amide bonds. The predicted octanol–water partition coefficient (Wildman–Crippen LogP) is 0.992. The van der Waals surface area contributed by atoms with Crippen molar-refractivity contribution in [2.45, 2.75) is 13.8 Å². The van der Waals surface area contributed by atoms with Gasteiger partial charge in [-0.05, 0) is 0 Å². The molecule has 4 heteroatoms. The Morgan fingerprint density at radius 3 is 2.00 bits per heavy atom. The summed E-state index contributed by atoms with van der Waals surface area (Å²) in [5.41, 5.74) is 0. The Kier molecular flexibility index (Phi) is 1.98. The molecule has 11 heavy (non-hydrogen) atoms. The fourth-order valence-corrected chi connectivity index (χ4v) is 8.77. The Morgan fingerprint density at radius 2 is 1.55 bits per heavy atom. The molecule has 2 aromatic rings. The predicted molar refractivity (Wildman–Crippen MR) is 51.4 cm³/mol. The van der Waals surface area contributed by atoms with Crippen LogP contribution < -0.4 is 3.18 Å². The van der Waals surface area contributed by atoms with Crippen molar-refractivity contribution in [1.82, 2.24) is 0 Å². The molecule has 0 saturated heterocycles. The van der Waals surface area contributed by atoms with Gasteiger partial charge in [0.1, 0.15) is 0 Å². The Hall–Kier alpha value is 0.409. The summed E-state index contributed by atoms with van der Waals surface area (Å²) in [6, 6.07) is 0. The Bertz CT molecular complexity index is 411. The summed E-state index contributed by atoms with van der Waals surface area (Å²) in [5, 5.41) is 0. The molecular formula is C7H6OSSe2. The van der Waals surface area contributed by atoms with Crippen LogP contribution in [-0.2, 0) is 0 Å². The van der Waals surface area contributed by atoms with Gasteiger partial charge in [0.05, 0.1) is 0 Å². The van der Waals surface area contributed by atoms with E-state index in [1.54, 1.807) is 0 Å². The van der Waals surface area contributed by atoms with Gasteiger partial charge in [-0.25, -0.2) is 0 Å². The molecule has 2 aromatic heterocycles. The van der Waals surface area contributed by atoms with Crippen molar-refractivity contribution in [3.63, 3.8) is 0 Å². The van der Waals surface area contributed by atoms with E-state index in [-0.39, 0.29) is 29.0 Å². The van der Waals surface area contributed by atoms with Crippen LogP contribution in [-0.4, -0.2) is 29.0 Å². The zero-order valence-electron chi connectivity index (χ0n) is 6.13. The van der Waals surface area contributed by atoms with E-state index >= 15 is 0 Å². The number of fused-ring (bicyclic) bond motifs is 1. The minimum atomic E-state index is 0.171. The van der Waals surface area contributed by atoms with Crippen LogP contribution in [0.5, 0.6) is 0 Å². The first-order valence-electron chi connectivity index (χ1n) is 3.18. The second-order valence-corrected chi connectivity index (χ2v) is 9.19. The zero-order chi connectivity index (χ0) is 8.01. The van der Waals surface area contributed by atoms with Crippen LogP contribution in [0.25, 0.3) is 8.52 Å². The normalized spacial score (nSPS) is 11.1. The maximum atomic E-state index is 11.1. The zero-order valence-corrected chi connectivity index (χ0v) is 10.4. The van der Waals surface area contributed by atoms with Crippen molar-refractivity contribution in [2.75, 3.05) is 0 Å². The van der Waals surface area contributed by atoms with Crippen LogP contribution in [0.1, 0.15) is 9.75 Å². The van der Waals surface area contributed by atoms with E-state index in [0.717, 1.165) is 0 Å². The van der Waals surface area contributed by atoms with Gasteiger partial charge in [-0.15, -0.1) is 0 Å². The van der Waals surface area contributed by atoms with E-state index in [1.165, 1.54) is 18.3 Å². The molecule has 0 bridgehead atoms. The fourth-order valence-electron chi connectivity index (χ4n) is 1.07. The molecule has 0 saturated carbocycles. The first-order chi connectivity index (χ1) is 5.18. The van der Waals surface area contributed by atoms with E-state index in [9.17, 15) is 4.79 Å².